The Bertz CT molecular complexity index is 481. The fourth-order valence-electron chi connectivity index (χ4n) is 1.86. The third-order valence-electron chi connectivity index (χ3n) is 2.85. The number of hydrogen-bond acceptors (Lipinski definition) is 4. The Hall–Kier alpha value is -1.82. The first-order valence-electron chi connectivity index (χ1n) is 6.22. The van der Waals surface area contributed by atoms with Crippen molar-refractivity contribution in [2.75, 3.05) is 20.8 Å². The molecule has 0 aliphatic heterocycles. The van der Waals surface area contributed by atoms with Crippen molar-refractivity contribution in [3.63, 3.8) is 0 Å². The molecule has 1 aromatic carbocycles. The minimum Gasteiger partial charge on any atom is -0.496 e. The largest absolute Gasteiger partial charge is 0.496 e. The predicted molar refractivity (Wildman–Crippen MR) is 82.5 cm³/mol. The van der Waals surface area contributed by atoms with Gasteiger partial charge < -0.3 is 20.1 Å². The molecule has 0 heterocycles. The van der Waals surface area contributed by atoms with Crippen LogP contribution in [0, 0.1) is 0 Å². The summed E-state index contributed by atoms with van der Waals surface area (Å²) < 4.78 is 10.5. The number of thiocarbonyl (C=S) groups is 1. The van der Waals surface area contributed by atoms with Crippen LogP contribution in [0.3, 0.4) is 0 Å². The number of carbonyl (C=O) groups excluding carboxylic acids is 1. The summed E-state index contributed by atoms with van der Waals surface area (Å²) in [5.74, 6) is 0.702. The molecule has 20 heavy (non-hydrogen) atoms. The van der Waals surface area contributed by atoms with E-state index in [4.69, 9.17) is 27.4 Å². The van der Waals surface area contributed by atoms with E-state index in [0.717, 1.165) is 0 Å². The van der Waals surface area contributed by atoms with Crippen molar-refractivity contribution in [3.05, 3.63) is 23.8 Å². The van der Waals surface area contributed by atoms with Gasteiger partial charge in [0.05, 0.1) is 25.8 Å². The highest BCUT2D eigenvalue weighted by Crippen LogP contribution is 2.30. The summed E-state index contributed by atoms with van der Waals surface area (Å²) in [5.41, 5.74) is 5.94. The molecule has 0 bridgehead atoms. The van der Waals surface area contributed by atoms with Gasteiger partial charge in [-0.1, -0.05) is 18.3 Å². The molecule has 0 saturated carbocycles. The fraction of sp³-hybridized carbons (Fsp3) is 0.429. The van der Waals surface area contributed by atoms with E-state index in [-0.39, 0.29) is 23.5 Å². The van der Waals surface area contributed by atoms with E-state index in [2.05, 4.69) is 0 Å². The summed E-state index contributed by atoms with van der Waals surface area (Å²) in [6, 6.07) is 5.16. The van der Waals surface area contributed by atoms with Gasteiger partial charge in [-0.2, -0.15) is 0 Å². The molecule has 2 N–H and O–H groups in total. The van der Waals surface area contributed by atoms with Crippen molar-refractivity contribution in [1.29, 1.82) is 0 Å². The molecule has 0 aliphatic rings. The van der Waals surface area contributed by atoms with Crippen LogP contribution < -0.4 is 15.2 Å². The van der Waals surface area contributed by atoms with Gasteiger partial charge in [0, 0.05) is 6.04 Å². The maximum atomic E-state index is 12.7. The summed E-state index contributed by atoms with van der Waals surface area (Å²) >= 11 is 4.90. The zero-order valence-electron chi connectivity index (χ0n) is 12.2. The van der Waals surface area contributed by atoms with E-state index >= 15 is 0 Å². The van der Waals surface area contributed by atoms with Gasteiger partial charge in [0.25, 0.3) is 5.91 Å². The lowest BCUT2D eigenvalue weighted by molar-refractivity contribution is 0.0729. The Morgan fingerprint density at radius 2 is 1.80 bits per heavy atom. The smallest absolute Gasteiger partial charge is 0.262 e. The number of nitrogens with two attached hydrogens (primary N) is 1. The van der Waals surface area contributed by atoms with Crippen LogP contribution in [0.1, 0.15) is 24.2 Å². The lowest BCUT2D eigenvalue weighted by Gasteiger charge is -2.27. The summed E-state index contributed by atoms with van der Waals surface area (Å²) in [6.45, 7) is 4.02. The third kappa shape index (κ3) is 3.60. The van der Waals surface area contributed by atoms with Crippen molar-refractivity contribution in [3.8, 4) is 11.5 Å². The number of ether oxygens (including phenoxy) is 2. The van der Waals surface area contributed by atoms with Gasteiger partial charge in [0.15, 0.2) is 0 Å². The molecule has 5 nitrogen and oxygen atoms in total. The normalized spacial score (nSPS) is 10.2. The average molecular weight is 296 g/mol. The Labute approximate surface area is 124 Å². The lowest BCUT2D eigenvalue weighted by Crippen LogP contribution is -2.42. The summed E-state index contributed by atoms with van der Waals surface area (Å²) in [6.07, 6.45) is 0. The highest BCUT2D eigenvalue weighted by atomic mass is 32.1. The van der Waals surface area contributed by atoms with Gasteiger partial charge in [-0.25, -0.2) is 0 Å². The number of carbonyl (C=O) groups is 1. The number of nitrogens with zero attached hydrogens (tertiary/aromatic N) is 1. The van der Waals surface area contributed by atoms with Gasteiger partial charge in [0.1, 0.15) is 17.1 Å². The van der Waals surface area contributed by atoms with Crippen molar-refractivity contribution in [1.82, 2.24) is 4.90 Å². The average Bonchev–Trinajstić information content (AvgIpc) is 2.42. The summed E-state index contributed by atoms with van der Waals surface area (Å²) in [4.78, 5) is 14.6. The lowest BCUT2D eigenvalue weighted by atomic mass is 10.1. The number of amides is 1. The summed E-state index contributed by atoms with van der Waals surface area (Å²) in [5, 5.41) is 0. The minimum atomic E-state index is -0.220. The van der Waals surface area contributed by atoms with Crippen molar-refractivity contribution in [2.24, 2.45) is 5.73 Å². The van der Waals surface area contributed by atoms with Crippen LogP contribution in [0.15, 0.2) is 18.2 Å². The fourth-order valence-corrected chi connectivity index (χ4v) is 2.00. The zero-order chi connectivity index (χ0) is 15.3. The van der Waals surface area contributed by atoms with Crippen LogP contribution in [0.5, 0.6) is 11.5 Å². The van der Waals surface area contributed by atoms with Gasteiger partial charge in [-0.15, -0.1) is 0 Å². The number of hydrogen-bond donors (Lipinski definition) is 1. The molecule has 1 rings (SSSR count). The number of benzene rings is 1. The number of methoxy groups -OCH3 is 2. The monoisotopic (exact) mass is 296 g/mol. The van der Waals surface area contributed by atoms with Gasteiger partial charge >= 0.3 is 0 Å². The second kappa shape index (κ2) is 7.09. The molecule has 0 saturated heterocycles. The topological polar surface area (TPSA) is 64.8 Å². The van der Waals surface area contributed by atoms with Crippen LogP contribution in [0.2, 0.25) is 0 Å². The van der Waals surface area contributed by atoms with Crippen LogP contribution in [-0.4, -0.2) is 42.6 Å². The van der Waals surface area contributed by atoms with Gasteiger partial charge in [-0.3, -0.25) is 4.79 Å². The molecule has 0 spiro atoms. The Morgan fingerprint density at radius 3 is 2.15 bits per heavy atom. The quantitative estimate of drug-likeness (QED) is 0.812. The van der Waals surface area contributed by atoms with Gasteiger partial charge in [-0.05, 0) is 26.0 Å². The highest BCUT2D eigenvalue weighted by Gasteiger charge is 2.25. The van der Waals surface area contributed by atoms with Crippen molar-refractivity contribution < 1.29 is 14.3 Å². The molecule has 0 unspecified atom stereocenters. The van der Waals surface area contributed by atoms with Crippen LogP contribution in [-0.2, 0) is 0 Å². The van der Waals surface area contributed by atoms with E-state index in [1.807, 2.05) is 13.8 Å². The maximum Gasteiger partial charge on any atom is 0.262 e. The summed E-state index contributed by atoms with van der Waals surface area (Å²) in [7, 11) is 3.03. The molecule has 1 aromatic rings. The Kier molecular flexibility index (Phi) is 5.76. The van der Waals surface area contributed by atoms with E-state index in [1.54, 1.807) is 23.1 Å². The molecule has 0 aromatic heterocycles. The highest BCUT2D eigenvalue weighted by molar-refractivity contribution is 7.80. The van der Waals surface area contributed by atoms with E-state index in [0.29, 0.717) is 17.1 Å². The van der Waals surface area contributed by atoms with Crippen LogP contribution in [0.4, 0.5) is 0 Å². The molecule has 1 amide bonds. The van der Waals surface area contributed by atoms with Gasteiger partial charge in [0.2, 0.25) is 0 Å². The Morgan fingerprint density at radius 1 is 1.30 bits per heavy atom. The second-order valence-electron chi connectivity index (χ2n) is 4.53. The second-order valence-corrected chi connectivity index (χ2v) is 5.06. The first-order valence-corrected chi connectivity index (χ1v) is 6.63. The minimum absolute atomic E-state index is 0.0429. The standard InChI is InChI=1S/C14H20N2O3S/c1-9(2)16(8-12(15)20)14(17)13-10(18-3)6-5-7-11(13)19-4/h5-7,9H,8H2,1-4H3,(H2,15,20). The zero-order valence-corrected chi connectivity index (χ0v) is 13.0. The molecular weight excluding hydrogens is 276 g/mol. The SMILES string of the molecule is COc1cccc(OC)c1C(=O)N(CC(N)=S)C(C)C. The van der Waals surface area contributed by atoms with Crippen molar-refractivity contribution in [2.45, 2.75) is 19.9 Å². The molecular formula is C14H20N2O3S. The molecule has 110 valence electrons. The predicted octanol–water partition coefficient (Wildman–Crippen LogP) is 1.84. The first kappa shape index (κ1) is 16.2. The van der Waals surface area contributed by atoms with E-state index in [1.165, 1.54) is 14.2 Å². The van der Waals surface area contributed by atoms with E-state index in [9.17, 15) is 4.79 Å². The third-order valence-corrected chi connectivity index (χ3v) is 2.98. The van der Waals surface area contributed by atoms with Crippen molar-refractivity contribution >= 4 is 23.1 Å². The maximum absolute atomic E-state index is 12.7. The Balaban J connectivity index is 3.26. The van der Waals surface area contributed by atoms with Crippen LogP contribution >= 0.6 is 12.2 Å². The number of rotatable bonds is 6. The molecule has 0 aliphatic carbocycles. The molecule has 0 radical (unpaired) electrons. The van der Waals surface area contributed by atoms with E-state index < -0.39 is 0 Å². The van der Waals surface area contributed by atoms with Crippen LogP contribution in [0.25, 0.3) is 0 Å². The first-order chi connectivity index (χ1) is 9.42. The molecule has 0 fully saturated rings. The molecule has 0 atom stereocenters. The molecule has 6 heteroatoms.